The zero-order valence-corrected chi connectivity index (χ0v) is 25.8. The molecule has 0 spiro atoms. The van der Waals surface area contributed by atoms with E-state index < -0.39 is 11.9 Å². The van der Waals surface area contributed by atoms with Crippen molar-refractivity contribution in [3.05, 3.63) is 79.4 Å². The summed E-state index contributed by atoms with van der Waals surface area (Å²) in [6.45, 7) is 8.34. The Morgan fingerprint density at radius 1 is 0.837 bits per heavy atom. The van der Waals surface area contributed by atoms with Crippen LogP contribution >= 0.6 is 11.8 Å². The van der Waals surface area contributed by atoms with Gasteiger partial charge in [0, 0.05) is 33.7 Å². The fourth-order valence-corrected chi connectivity index (χ4v) is 5.94. The van der Waals surface area contributed by atoms with Gasteiger partial charge in [0.05, 0.1) is 30.7 Å². The molecular weight excluding hydrogens is 570 g/mol. The fourth-order valence-electron chi connectivity index (χ4n) is 4.91. The van der Waals surface area contributed by atoms with Gasteiger partial charge in [-0.1, -0.05) is 26.7 Å². The molecule has 0 aliphatic carbocycles. The Morgan fingerprint density at radius 3 is 2.23 bits per heavy atom. The summed E-state index contributed by atoms with van der Waals surface area (Å²) in [7, 11) is 0. The van der Waals surface area contributed by atoms with Crippen LogP contribution in [0.1, 0.15) is 79.1 Å². The first-order valence-corrected chi connectivity index (χ1v) is 15.7. The zero-order valence-electron chi connectivity index (χ0n) is 25.0. The normalized spacial score (nSPS) is 11.2. The first-order valence-electron chi connectivity index (χ1n) is 14.7. The number of esters is 2. The van der Waals surface area contributed by atoms with Gasteiger partial charge in [0.2, 0.25) is 5.76 Å². The minimum absolute atomic E-state index is 0.126. The number of hydrogen-bond acceptors (Lipinski definition) is 9. The van der Waals surface area contributed by atoms with E-state index in [0.717, 1.165) is 47.5 Å². The van der Waals surface area contributed by atoms with E-state index in [4.69, 9.17) is 18.6 Å². The molecule has 0 unspecified atom stereocenters. The van der Waals surface area contributed by atoms with Gasteiger partial charge in [-0.2, -0.15) is 0 Å². The molecule has 0 bridgehead atoms. The number of aromatic nitrogens is 1. The number of nitrogens with one attached hydrogen (secondary N) is 1. The number of H-pyrrole nitrogens is 1. The second-order valence-corrected chi connectivity index (χ2v) is 11.0. The van der Waals surface area contributed by atoms with Gasteiger partial charge in [-0.25, -0.2) is 9.59 Å². The summed E-state index contributed by atoms with van der Waals surface area (Å²) in [5.74, 6) is 0.0171. The summed E-state index contributed by atoms with van der Waals surface area (Å²) in [5.41, 5.74) is 2.39. The van der Waals surface area contributed by atoms with Gasteiger partial charge < -0.3 is 23.6 Å². The average Bonchev–Trinajstić information content (AvgIpc) is 2.99. The van der Waals surface area contributed by atoms with Crippen molar-refractivity contribution in [1.29, 1.82) is 0 Å². The SMILES string of the molecule is CCCc1c(SCCCOc2ccc3c(=O)cc(C(=O)OCC)oc3c2CCC)ccc2c(=O)cc(C(=O)OCC)[nH]c12. The van der Waals surface area contributed by atoms with Gasteiger partial charge in [0.1, 0.15) is 17.0 Å². The number of pyridine rings is 1. The monoisotopic (exact) mass is 607 g/mol. The van der Waals surface area contributed by atoms with Crippen molar-refractivity contribution in [2.45, 2.75) is 64.7 Å². The van der Waals surface area contributed by atoms with Gasteiger partial charge in [0.15, 0.2) is 10.9 Å². The molecule has 0 radical (unpaired) electrons. The molecule has 4 rings (SSSR count). The van der Waals surface area contributed by atoms with Crippen LogP contribution in [0.4, 0.5) is 0 Å². The standard InChI is InChI=1S/C33H37NO8S/c1-5-10-22-27(14-12-21-26(36)19-28(42-31(21)22)33(38)40-8-4)41-16-9-17-43-29-15-13-20-25(35)18-24(32(37)39-7-3)34-30(20)23(29)11-6-2/h12-15,18-19H,5-11,16-17H2,1-4H3,(H,34,35). The number of hydrogen-bond donors (Lipinski definition) is 1. The lowest BCUT2D eigenvalue weighted by atomic mass is 10.0. The van der Waals surface area contributed by atoms with Crippen LogP contribution < -0.4 is 15.6 Å². The maximum atomic E-state index is 12.8. The molecule has 0 atom stereocenters. The van der Waals surface area contributed by atoms with Crippen LogP contribution in [0.2, 0.25) is 0 Å². The Balaban J connectivity index is 1.51. The highest BCUT2D eigenvalue weighted by molar-refractivity contribution is 7.99. The Hall–Kier alpha value is -4.05. The fraction of sp³-hybridized carbons (Fsp3) is 0.394. The van der Waals surface area contributed by atoms with Crippen LogP contribution in [0.15, 0.2) is 55.3 Å². The Bertz CT molecular complexity index is 1610. The predicted molar refractivity (Wildman–Crippen MR) is 168 cm³/mol. The topological polar surface area (TPSA) is 125 Å². The third kappa shape index (κ3) is 7.30. The highest BCUT2D eigenvalue weighted by Gasteiger charge is 2.19. The summed E-state index contributed by atoms with van der Waals surface area (Å²) in [6.07, 6.45) is 3.75. The number of carbonyl (C=O) groups excluding carboxylic acids is 2. The Morgan fingerprint density at radius 2 is 1.51 bits per heavy atom. The number of aryl methyl sites for hydroxylation is 2. The highest BCUT2D eigenvalue weighted by Crippen LogP contribution is 2.31. The van der Waals surface area contributed by atoms with E-state index in [1.807, 2.05) is 13.0 Å². The second-order valence-electron chi connectivity index (χ2n) is 9.90. The molecular formula is C33H37NO8S. The number of benzene rings is 2. The van der Waals surface area contributed by atoms with Crippen LogP contribution in [0, 0.1) is 0 Å². The first kappa shape index (κ1) is 31.9. The van der Waals surface area contributed by atoms with Gasteiger partial charge in [0.25, 0.3) is 0 Å². The Kier molecular flexibility index (Phi) is 11.1. The molecule has 2 heterocycles. The van der Waals surface area contributed by atoms with Crippen LogP contribution in [0.5, 0.6) is 5.75 Å². The third-order valence-electron chi connectivity index (χ3n) is 6.80. The molecule has 10 heteroatoms. The van der Waals surface area contributed by atoms with Crippen molar-refractivity contribution in [3.63, 3.8) is 0 Å². The molecule has 0 aliphatic rings. The lowest BCUT2D eigenvalue weighted by molar-refractivity contribution is 0.0488. The summed E-state index contributed by atoms with van der Waals surface area (Å²) in [4.78, 5) is 54.3. The number of thioether (sulfide) groups is 1. The number of ether oxygens (including phenoxy) is 3. The van der Waals surface area contributed by atoms with Gasteiger partial charge >= 0.3 is 11.9 Å². The van der Waals surface area contributed by atoms with E-state index in [0.29, 0.717) is 40.6 Å². The van der Waals surface area contributed by atoms with Crippen LogP contribution in [-0.2, 0) is 22.3 Å². The molecule has 2 aromatic heterocycles. The van der Waals surface area contributed by atoms with E-state index >= 15 is 0 Å². The van der Waals surface area contributed by atoms with Crippen molar-refractivity contribution >= 4 is 45.6 Å². The average molecular weight is 608 g/mol. The molecule has 9 nitrogen and oxygen atoms in total. The van der Waals surface area contributed by atoms with Crippen molar-refractivity contribution < 1.29 is 28.2 Å². The van der Waals surface area contributed by atoms with Gasteiger partial charge in [-0.3, -0.25) is 9.59 Å². The van der Waals surface area contributed by atoms with Crippen molar-refractivity contribution in [3.8, 4) is 5.75 Å². The van der Waals surface area contributed by atoms with Gasteiger partial charge in [-0.15, -0.1) is 11.8 Å². The summed E-state index contributed by atoms with van der Waals surface area (Å²) in [5, 5.41) is 0.935. The number of carbonyl (C=O) groups is 2. The molecule has 0 aliphatic heterocycles. The molecule has 1 N–H and O–H groups in total. The second kappa shape index (κ2) is 14.9. The predicted octanol–water partition coefficient (Wildman–Crippen LogP) is 6.45. The van der Waals surface area contributed by atoms with Crippen LogP contribution in [0.3, 0.4) is 0 Å². The quantitative estimate of drug-likeness (QED) is 0.0977. The van der Waals surface area contributed by atoms with E-state index in [2.05, 4.69) is 11.9 Å². The highest BCUT2D eigenvalue weighted by atomic mass is 32.2. The minimum atomic E-state index is -0.676. The molecule has 4 aromatic rings. The van der Waals surface area contributed by atoms with Crippen molar-refractivity contribution in [1.82, 2.24) is 4.98 Å². The van der Waals surface area contributed by atoms with Crippen LogP contribution in [-0.4, -0.2) is 42.5 Å². The summed E-state index contributed by atoms with van der Waals surface area (Å²) in [6, 6.07) is 9.66. The number of rotatable bonds is 14. The van der Waals surface area contributed by atoms with E-state index in [9.17, 15) is 19.2 Å². The van der Waals surface area contributed by atoms with E-state index in [1.54, 1.807) is 43.8 Å². The molecule has 228 valence electrons. The third-order valence-corrected chi connectivity index (χ3v) is 7.99. The van der Waals surface area contributed by atoms with Crippen molar-refractivity contribution in [2.75, 3.05) is 25.6 Å². The zero-order chi connectivity index (χ0) is 30.9. The lowest BCUT2D eigenvalue weighted by Gasteiger charge is -2.15. The van der Waals surface area contributed by atoms with Crippen molar-refractivity contribution in [2.24, 2.45) is 0 Å². The number of fused-ring (bicyclic) bond motifs is 2. The number of aromatic amines is 1. The lowest BCUT2D eigenvalue weighted by Crippen LogP contribution is -2.13. The molecule has 43 heavy (non-hydrogen) atoms. The molecule has 0 saturated carbocycles. The largest absolute Gasteiger partial charge is 0.493 e. The van der Waals surface area contributed by atoms with Crippen LogP contribution in [0.25, 0.3) is 21.9 Å². The Labute approximate surface area is 253 Å². The minimum Gasteiger partial charge on any atom is -0.493 e. The first-order chi connectivity index (χ1) is 20.8. The summed E-state index contributed by atoms with van der Waals surface area (Å²) < 4.78 is 22.2. The summed E-state index contributed by atoms with van der Waals surface area (Å²) >= 11 is 1.67. The molecule has 2 aromatic carbocycles. The van der Waals surface area contributed by atoms with Gasteiger partial charge in [-0.05, 0) is 62.9 Å². The smallest absolute Gasteiger partial charge is 0.374 e. The molecule has 0 amide bonds. The maximum absolute atomic E-state index is 12.8. The van der Waals surface area contributed by atoms with E-state index in [-0.39, 0.29) is 35.5 Å². The molecule has 0 saturated heterocycles. The van der Waals surface area contributed by atoms with E-state index in [1.165, 1.54) is 12.1 Å². The maximum Gasteiger partial charge on any atom is 0.374 e. The molecule has 0 fully saturated rings.